The number of rotatable bonds is 3. The van der Waals surface area contributed by atoms with E-state index >= 15 is 0 Å². The summed E-state index contributed by atoms with van der Waals surface area (Å²) in [7, 11) is -3.36. The first-order chi connectivity index (χ1) is 7.89. The number of nitrogens with two attached hydrogens (primary N) is 1. The summed E-state index contributed by atoms with van der Waals surface area (Å²) in [5.74, 6) is 0. The molecule has 5 nitrogen and oxygen atoms in total. The van der Waals surface area contributed by atoms with Crippen LogP contribution in [0.3, 0.4) is 0 Å². The van der Waals surface area contributed by atoms with Gasteiger partial charge in [0.1, 0.15) is 0 Å². The van der Waals surface area contributed by atoms with Crippen LogP contribution in [0.1, 0.15) is 5.56 Å². The molecule has 1 aromatic rings. The molecule has 0 saturated carbocycles. The van der Waals surface area contributed by atoms with E-state index in [9.17, 15) is 13.5 Å². The Kier molecular flexibility index (Phi) is 2.89. The van der Waals surface area contributed by atoms with Crippen molar-refractivity contribution >= 4 is 15.5 Å². The van der Waals surface area contributed by atoms with Crippen LogP contribution in [-0.4, -0.2) is 39.6 Å². The molecule has 6 heteroatoms. The van der Waals surface area contributed by atoms with E-state index in [0.717, 1.165) is 11.8 Å². The van der Waals surface area contributed by atoms with E-state index in [2.05, 4.69) is 0 Å². The average molecular weight is 257 g/mol. The van der Waals surface area contributed by atoms with Crippen LogP contribution < -0.4 is 5.73 Å². The van der Waals surface area contributed by atoms with Crippen LogP contribution in [0.15, 0.2) is 23.1 Å². The van der Waals surface area contributed by atoms with E-state index in [4.69, 9.17) is 10.5 Å². The van der Waals surface area contributed by atoms with Crippen molar-refractivity contribution in [1.82, 2.24) is 0 Å². The van der Waals surface area contributed by atoms with Crippen molar-refractivity contribution in [3.05, 3.63) is 23.8 Å². The predicted octanol–water partition coefficient (Wildman–Crippen LogP) is -0.0674. The molecule has 0 aliphatic carbocycles. The Morgan fingerprint density at radius 1 is 1.47 bits per heavy atom. The highest BCUT2D eigenvalue weighted by atomic mass is 32.2. The van der Waals surface area contributed by atoms with Crippen molar-refractivity contribution in [3.63, 3.8) is 0 Å². The first kappa shape index (κ1) is 12.3. The molecule has 1 aromatic carbocycles. The molecular formula is C11H15NO4S. The van der Waals surface area contributed by atoms with E-state index in [1.807, 2.05) is 0 Å². The SMILES string of the molecule is CS(=O)(=O)c1cc(C2(CO)COC2)ccc1N. The first-order valence-corrected chi connectivity index (χ1v) is 7.07. The Morgan fingerprint density at radius 3 is 2.53 bits per heavy atom. The summed E-state index contributed by atoms with van der Waals surface area (Å²) < 4.78 is 28.2. The van der Waals surface area contributed by atoms with Crippen LogP contribution in [0.25, 0.3) is 0 Å². The van der Waals surface area contributed by atoms with Crippen molar-refractivity contribution in [1.29, 1.82) is 0 Å². The highest BCUT2D eigenvalue weighted by molar-refractivity contribution is 7.90. The highest BCUT2D eigenvalue weighted by Crippen LogP contribution is 2.34. The molecule has 0 bridgehead atoms. The van der Waals surface area contributed by atoms with Gasteiger partial charge in [0.2, 0.25) is 0 Å². The number of nitrogen functional groups attached to an aromatic ring is 1. The lowest BCUT2D eigenvalue weighted by molar-refractivity contribution is -0.0842. The molecule has 1 aliphatic rings. The maximum atomic E-state index is 11.6. The third-order valence-electron chi connectivity index (χ3n) is 3.08. The first-order valence-electron chi connectivity index (χ1n) is 5.18. The molecule has 0 amide bonds. The monoisotopic (exact) mass is 257 g/mol. The molecule has 0 atom stereocenters. The quantitative estimate of drug-likeness (QED) is 0.740. The standard InChI is InChI=1S/C11H15NO4S/c1-17(14,15)10-4-8(2-3-9(10)12)11(5-13)6-16-7-11/h2-4,13H,5-7,12H2,1H3. The molecule has 0 radical (unpaired) electrons. The molecule has 2 rings (SSSR count). The normalized spacial score (nSPS) is 18.7. The van der Waals surface area contributed by atoms with Crippen LogP contribution >= 0.6 is 0 Å². The summed E-state index contributed by atoms with van der Waals surface area (Å²) in [5.41, 5.74) is 6.15. The zero-order valence-electron chi connectivity index (χ0n) is 9.51. The number of hydrogen-bond donors (Lipinski definition) is 2. The molecular weight excluding hydrogens is 242 g/mol. The molecule has 0 unspecified atom stereocenters. The summed E-state index contributed by atoms with van der Waals surface area (Å²) in [5, 5.41) is 9.39. The van der Waals surface area contributed by atoms with Gasteiger partial charge < -0.3 is 15.6 Å². The molecule has 1 heterocycles. The number of aliphatic hydroxyl groups excluding tert-OH is 1. The second kappa shape index (κ2) is 3.97. The van der Waals surface area contributed by atoms with E-state index in [1.165, 1.54) is 6.07 Å². The van der Waals surface area contributed by atoms with Crippen LogP contribution in [0.2, 0.25) is 0 Å². The van der Waals surface area contributed by atoms with Gasteiger partial charge >= 0.3 is 0 Å². The van der Waals surface area contributed by atoms with Crippen LogP contribution in [-0.2, 0) is 20.0 Å². The van der Waals surface area contributed by atoms with Gasteiger partial charge in [0.05, 0.1) is 35.8 Å². The Hall–Kier alpha value is -1.11. The van der Waals surface area contributed by atoms with Crippen molar-refractivity contribution in [2.45, 2.75) is 10.3 Å². The Morgan fingerprint density at radius 2 is 2.12 bits per heavy atom. The topological polar surface area (TPSA) is 89.6 Å². The molecule has 0 spiro atoms. The van der Waals surface area contributed by atoms with Gasteiger partial charge in [-0.1, -0.05) is 6.07 Å². The lowest BCUT2D eigenvalue weighted by atomic mass is 9.79. The second-order valence-corrected chi connectivity index (χ2v) is 6.44. The van der Waals surface area contributed by atoms with Gasteiger partial charge in [0.15, 0.2) is 9.84 Å². The molecule has 1 saturated heterocycles. The lowest BCUT2D eigenvalue weighted by Crippen LogP contribution is -2.49. The van der Waals surface area contributed by atoms with Gasteiger partial charge in [0, 0.05) is 6.26 Å². The van der Waals surface area contributed by atoms with Crippen molar-refractivity contribution in [3.8, 4) is 0 Å². The Balaban J connectivity index is 2.52. The fourth-order valence-electron chi connectivity index (χ4n) is 1.88. The van der Waals surface area contributed by atoms with Gasteiger partial charge in [-0.3, -0.25) is 0 Å². The molecule has 1 aliphatic heterocycles. The zero-order valence-corrected chi connectivity index (χ0v) is 10.3. The Bertz CT molecular complexity index is 529. The molecule has 0 aromatic heterocycles. The highest BCUT2D eigenvalue weighted by Gasteiger charge is 2.40. The van der Waals surface area contributed by atoms with Gasteiger partial charge in [-0.05, 0) is 17.7 Å². The van der Waals surface area contributed by atoms with Gasteiger partial charge in [-0.25, -0.2) is 8.42 Å². The number of aliphatic hydroxyl groups is 1. The van der Waals surface area contributed by atoms with Crippen LogP contribution in [0.4, 0.5) is 5.69 Å². The molecule has 17 heavy (non-hydrogen) atoms. The van der Waals surface area contributed by atoms with Crippen LogP contribution in [0, 0.1) is 0 Å². The van der Waals surface area contributed by atoms with Crippen molar-refractivity contribution in [2.24, 2.45) is 0 Å². The Labute approximate surface area is 100 Å². The summed E-state index contributed by atoms with van der Waals surface area (Å²) in [6.45, 7) is 0.730. The van der Waals surface area contributed by atoms with Gasteiger partial charge in [0.25, 0.3) is 0 Å². The van der Waals surface area contributed by atoms with Crippen molar-refractivity contribution < 1.29 is 18.3 Å². The minimum atomic E-state index is -3.36. The van der Waals surface area contributed by atoms with E-state index in [0.29, 0.717) is 13.2 Å². The second-order valence-electron chi connectivity index (χ2n) is 4.46. The van der Waals surface area contributed by atoms with E-state index in [-0.39, 0.29) is 17.2 Å². The fraction of sp³-hybridized carbons (Fsp3) is 0.455. The number of hydrogen-bond acceptors (Lipinski definition) is 5. The largest absolute Gasteiger partial charge is 0.398 e. The summed E-state index contributed by atoms with van der Waals surface area (Å²) in [4.78, 5) is 0.106. The fourth-order valence-corrected chi connectivity index (χ4v) is 2.72. The minimum absolute atomic E-state index is 0.0693. The molecule has 3 N–H and O–H groups in total. The third kappa shape index (κ3) is 2.03. The average Bonchev–Trinajstić information content (AvgIpc) is 2.17. The number of anilines is 1. The van der Waals surface area contributed by atoms with Crippen molar-refractivity contribution in [2.75, 3.05) is 31.8 Å². The zero-order chi connectivity index (χ0) is 12.7. The summed E-state index contributed by atoms with van der Waals surface area (Å²) >= 11 is 0. The third-order valence-corrected chi connectivity index (χ3v) is 4.24. The maximum absolute atomic E-state index is 11.6. The van der Waals surface area contributed by atoms with Gasteiger partial charge in [-0.15, -0.1) is 0 Å². The predicted molar refractivity (Wildman–Crippen MR) is 63.5 cm³/mol. The number of sulfone groups is 1. The van der Waals surface area contributed by atoms with Crippen LogP contribution in [0.5, 0.6) is 0 Å². The lowest BCUT2D eigenvalue weighted by Gasteiger charge is -2.40. The van der Waals surface area contributed by atoms with E-state index in [1.54, 1.807) is 12.1 Å². The number of benzene rings is 1. The summed E-state index contributed by atoms with van der Waals surface area (Å²) in [6.07, 6.45) is 1.12. The number of ether oxygens (including phenoxy) is 1. The van der Waals surface area contributed by atoms with Gasteiger partial charge in [-0.2, -0.15) is 0 Å². The smallest absolute Gasteiger partial charge is 0.177 e. The summed E-state index contributed by atoms with van der Waals surface area (Å²) in [6, 6.07) is 4.83. The molecule has 1 fully saturated rings. The minimum Gasteiger partial charge on any atom is -0.398 e. The van der Waals surface area contributed by atoms with E-state index < -0.39 is 15.3 Å². The molecule has 94 valence electrons. The maximum Gasteiger partial charge on any atom is 0.177 e.